The predicted octanol–water partition coefficient (Wildman–Crippen LogP) is 5.87. The number of aliphatic carboxylic acids is 1. The molecule has 0 fully saturated rings. The minimum atomic E-state index is -0.842. The number of nitrogens with one attached hydrogen (secondary N) is 3. The third-order valence-corrected chi connectivity index (χ3v) is 6.96. The lowest BCUT2D eigenvalue weighted by Gasteiger charge is -2.18. The van der Waals surface area contributed by atoms with Crippen molar-refractivity contribution in [1.29, 1.82) is 0 Å². The minimum absolute atomic E-state index is 0.0564. The Kier molecular flexibility index (Phi) is 9.79. The van der Waals surface area contributed by atoms with Gasteiger partial charge in [-0.15, -0.1) is 11.3 Å². The topological polar surface area (TPSA) is 120 Å². The summed E-state index contributed by atoms with van der Waals surface area (Å²) in [5.74, 6) is -0.622. The normalized spacial score (nSPS) is 11.7. The molecule has 9 heteroatoms. The van der Waals surface area contributed by atoms with Crippen LogP contribution in [0.5, 0.6) is 0 Å². The molecule has 0 radical (unpaired) electrons. The van der Waals surface area contributed by atoms with Gasteiger partial charge in [0.1, 0.15) is 5.01 Å². The number of hydrogen-bond donors (Lipinski definition) is 4. The number of nitrogens with zero attached hydrogens (tertiary/aromatic N) is 1. The average Bonchev–Trinajstić information content (AvgIpc) is 3.30. The number of benzene rings is 2. The van der Waals surface area contributed by atoms with Crippen molar-refractivity contribution in [3.8, 4) is 0 Å². The summed E-state index contributed by atoms with van der Waals surface area (Å²) in [5.41, 5.74) is 4.21. The number of carboxylic acids is 1. The Bertz CT molecular complexity index is 1220. The van der Waals surface area contributed by atoms with Crippen molar-refractivity contribution >= 4 is 40.6 Å². The summed E-state index contributed by atoms with van der Waals surface area (Å²) in [6.45, 7) is 8.06. The molecule has 0 aliphatic heterocycles. The van der Waals surface area contributed by atoms with Crippen LogP contribution in [-0.4, -0.2) is 28.0 Å². The maximum atomic E-state index is 12.8. The Hall–Kier alpha value is -3.72. The predicted molar refractivity (Wildman–Crippen MR) is 147 cm³/mol. The number of carbonyl (C=O) groups excluding carboxylic acids is 2. The highest BCUT2D eigenvalue weighted by Gasteiger charge is 2.20. The lowest BCUT2D eigenvalue weighted by molar-refractivity contribution is -0.137. The van der Waals surface area contributed by atoms with Crippen molar-refractivity contribution in [2.75, 3.05) is 10.6 Å². The summed E-state index contributed by atoms with van der Waals surface area (Å²) >= 11 is 1.45. The van der Waals surface area contributed by atoms with Gasteiger partial charge in [-0.05, 0) is 61.4 Å². The molecular formula is C28H34N4O4S. The first-order chi connectivity index (χ1) is 17.6. The highest BCUT2D eigenvalue weighted by atomic mass is 32.1. The number of carbonyl (C=O) groups is 3. The van der Waals surface area contributed by atoms with E-state index in [-0.39, 0.29) is 30.8 Å². The van der Waals surface area contributed by atoms with Gasteiger partial charge in [-0.25, -0.2) is 9.78 Å². The Morgan fingerprint density at radius 3 is 2.30 bits per heavy atom. The van der Waals surface area contributed by atoms with E-state index in [1.807, 2.05) is 44.2 Å². The summed E-state index contributed by atoms with van der Waals surface area (Å²) in [4.78, 5) is 41.5. The van der Waals surface area contributed by atoms with Gasteiger partial charge >= 0.3 is 12.0 Å². The molecule has 4 N–H and O–H groups in total. The molecular weight excluding hydrogens is 488 g/mol. The molecule has 37 heavy (non-hydrogen) atoms. The van der Waals surface area contributed by atoms with Crippen molar-refractivity contribution in [2.24, 2.45) is 5.92 Å². The number of rotatable bonds is 11. The molecule has 1 aromatic heterocycles. The SMILES string of the molecule is Cc1cccc(C)c1NC(=O)Nc1ccc(CC(=O)NC(CC(C)C)c2ncc(CCC(=O)O)s2)cc1. The molecule has 196 valence electrons. The quantitative estimate of drug-likeness (QED) is 0.251. The van der Waals surface area contributed by atoms with Gasteiger partial charge < -0.3 is 21.1 Å². The summed E-state index contributed by atoms with van der Waals surface area (Å²) in [7, 11) is 0. The van der Waals surface area contributed by atoms with Crippen molar-refractivity contribution < 1.29 is 19.5 Å². The first-order valence-corrected chi connectivity index (χ1v) is 13.1. The second kappa shape index (κ2) is 13.0. The molecule has 8 nitrogen and oxygen atoms in total. The monoisotopic (exact) mass is 522 g/mol. The largest absolute Gasteiger partial charge is 0.481 e. The molecule has 1 atom stereocenters. The van der Waals surface area contributed by atoms with E-state index in [9.17, 15) is 14.4 Å². The van der Waals surface area contributed by atoms with Crippen LogP contribution in [-0.2, 0) is 22.4 Å². The zero-order valence-electron chi connectivity index (χ0n) is 21.6. The number of carboxylic acid groups (broad SMARTS) is 1. The van der Waals surface area contributed by atoms with Crippen molar-refractivity contribution in [1.82, 2.24) is 10.3 Å². The summed E-state index contributed by atoms with van der Waals surface area (Å²) in [5, 5.41) is 18.5. The maximum absolute atomic E-state index is 12.8. The van der Waals surface area contributed by atoms with Crippen LogP contribution in [0.25, 0.3) is 0 Å². The fourth-order valence-electron chi connectivity index (χ4n) is 3.95. The molecule has 1 heterocycles. The summed E-state index contributed by atoms with van der Waals surface area (Å²) < 4.78 is 0. The fourth-order valence-corrected chi connectivity index (χ4v) is 4.93. The molecule has 1 unspecified atom stereocenters. The number of urea groups is 1. The Morgan fingerprint density at radius 1 is 1.00 bits per heavy atom. The van der Waals surface area contributed by atoms with Gasteiger partial charge in [-0.3, -0.25) is 9.59 Å². The van der Waals surface area contributed by atoms with Crippen LogP contribution < -0.4 is 16.0 Å². The van der Waals surface area contributed by atoms with Gasteiger partial charge in [0.15, 0.2) is 0 Å². The highest BCUT2D eigenvalue weighted by Crippen LogP contribution is 2.27. The van der Waals surface area contributed by atoms with E-state index in [0.29, 0.717) is 18.0 Å². The minimum Gasteiger partial charge on any atom is -0.481 e. The second-order valence-electron chi connectivity index (χ2n) is 9.53. The number of hydrogen-bond acceptors (Lipinski definition) is 5. The first kappa shape index (κ1) is 27.9. The Labute approximate surface area is 221 Å². The molecule has 0 aliphatic carbocycles. The van der Waals surface area contributed by atoms with Crippen molar-refractivity contribution in [3.05, 3.63) is 75.2 Å². The van der Waals surface area contributed by atoms with Gasteiger partial charge in [0.2, 0.25) is 5.91 Å². The summed E-state index contributed by atoms with van der Waals surface area (Å²) in [6, 6.07) is 12.5. The van der Waals surface area contributed by atoms with E-state index in [0.717, 1.165) is 38.7 Å². The zero-order chi connectivity index (χ0) is 26.9. The second-order valence-corrected chi connectivity index (χ2v) is 10.7. The van der Waals surface area contributed by atoms with Crippen molar-refractivity contribution in [2.45, 2.75) is 59.4 Å². The van der Waals surface area contributed by atoms with Gasteiger partial charge in [0, 0.05) is 22.4 Å². The molecule has 0 spiro atoms. The van der Waals surface area contributed by atoms with E-state index in [2.05, 4.69) is 34.8 Å². The lowest BCUT2D eigenvalue weighted by Crippen LogP contribution is -2.30. The fraction of sp³-hybridized carbons (Fsp3) is 0.357. The average molecular weight is 523 g/mol. The van der Waals surface area contributed by atoms with Gasteiger partial charge in [-0.2, -0.15) is 0 Å². The third-order valence-electron chi connectivity index (χ3n) is 5.79. The number of aryl methyl sites for hydroxylation is 3. The smallest absolute Gasteiger partial charge is 0.323 e. The number of amides is 3. The zero-order valence-corrected chi connectivity index (χ0v) is 22.4. The van der Waals surface area contributed by atoms with E-state index < -0.39 is 5.97 Å². The van der Waals surface area contributed by atoms with Gasteiger partial charge in [0.05, 0.1) is 18.9 Å². The lowest BCUT2D eigenvalue weighted by atomic mass is 10.0. The molecule has 3 rings (SSSR count). The van der Waals surface area contributed by atoms with Crippen LogP contribution in [0.3, 0.4) is 0 Å². The van der Waals surface area contributed by atoms with E-state index in [1.165, 1.54) is 11.3 Å². The van der Waals surface area contributed by atoms with E-state index >= 15 is 0 Å². The molecule has 3 amide bonds. The number of anilines is 2. The molecule has 0 saturated carbocycles. The molecule has 2 aromatic carbocycles. The number of thiazole rings is 1. The molecule has 0 bridgehead atoms. The van der Waals surface area contributed by atoms with Crippen molar-refractivity contribution in [3.63, 3.8) is 0 Å². The van der Waals surface area contributed by atoms with Crippen LogP contribution in [0.1, 0.15) is 59.3 Å². The van der Waals surface area contributed by atoms with Crippen LogP contribution in [0.4, 0.5) is 16.2 Å². The highest BCUT2D eigenvalue weighted by molar-refractivity contribution is 7.11. The molecule has 3 aromatic rings. The first-order valence-electron chi connectivity index (χ1n) is 12.3. The number of para-hydroxylation sites is 1. The summed E-state index contributed by atoms with van der Waals surface area (Å²) in [6.07, 6.45) is 3.11. The van der Waals surface area contributed by atoms with Crippen LogP contribution in [0.2, 0.25) is 0 Å². The van der Waals surface area contributed by atoms with E-state index in [4.69, 9.17) is 5.11 Å². The van der Waals surface area contributed by atoms with Crippen LogP contribution in [0, 0.1) is 19.8 Å². The molecule has 0 aliphatic rings. The van der Waals surface area contributed by atoms with Gasteiger partial charge in [-0.1, -0.05) is 44.2 Å². The van der Waals surface area contributed by atoms with E-state index in [1.54, 1.807) is 18.3 Å². The van der Waals surface area contributed by atoms with Crippen LogP contribution in [0.15, 0.2) is 48.7 Å². The Morgan fingerprint density at radius 2 is 1.68 bits per heavy atom. The molecule has 0 saturated heterocycles. The standard InChI is InChI=1S/C28H34N4O4S/c1-17(2)14-23(27-29-16-22(37-27)12-13-25(34)35)31-24(33)15-20-8-10-21(11-9-20)30-28(36)32-26-18(3)6-5-7-19(26)4/h5-11,16-17,23H,12-15H2,1-4H3,(H,31,33)(H,34,35)(H2,30,32,36). The third kappa shape index (κ3) is 8.71. The maximum Gasteiger partial charge on any atom is 0.323 e. The van der Waals surface area contributed by atoms with Gasteiger partial charge in [0.25, 0.3) is 0 Å². The Balaban J connectivity index is 1.57. The van der Waals surface area contributed by atoms with Crippen LogP contribution >= 0.6 is 11.3 Å². The number of aromatic nitrogens is 1.